The molecule has 1 N–H and O–H groups in total. The highest BCUT2D eigenvalue weighted by atomic mass is 35.5. The fourth-order valence-corrected chi connectivity index (χ4v) is 3.02. The second-order valence-corrected chi connectivity index (χ2v) is 7.10. The molecule has 0 saturated carbocycles. The van der Waals surface area contributed by atoms with E-state index < -0.39 is 0 Å². The summed E-state index contributed by atoms with van der Waals surface area (Å²) < 4.78 is 0. The Labute approximate surface area is 166 Å². The molecule has 2 aromatic carbocycles. The molecule has 4 nitrogen and oxygen atoms in total. The molecule has 0 atom stereocenters. The number of halogens is 2. The molecule has 1 aromatic heterocycles. The Balaban J connectivity index is 2.12. The molecule has 0 unspecified atom stereocenters. The second kappa shape index (κ2) is 7.96. The molecular weight excluding hydrogens is 387 g/mol. The molecule has 0 saturated heterocycles. The van der Waals surface area contributed by atoms with E-state index in [4.69, 9.17) is 23.2 Å². The molecule has 7 heteroatoms. The van der Waals surface area contributed by atoms with E-state index >= 15 is 0 Å². The number of nitriles is 1. The van der Waals surface area contributed by atoms with Crippen LogP contribution in [0, 0.1) is 18.3 Å². The van der Waals surface area contributed by atoms with E-state index in [-0.39, 0.29) is 0 Å². The first-order valence-corrected chi connectivity index (χ1v) is 9.65. The number of benzene rings is 2. The van der Waals surface area contributed by atoms with Crippen molar-refractivity contribution < 1.29 is 0 Å². The molecule has 0 amide bonds. The number of anilines is 2. The standard InChI is InChI=1S/C19H14Cl2N4S/c1-11-3-5-12(6-4-11)17-14(10-22)18(25-19(24-17)26-2)23-13-7-8-15(20)16(21)9-13/h3-9H,1-2H3,(H,23,24,25). The van der Waals surface area contributed by atoms with Crippen LogP contribution >= 0.6 is 35.0 Å². The lowest BCUT2D eigenvalue weighted by Crippen LogP contribution is -2.03. The van der Waals surface area contributed by atoms with Crippen LogP contribution in [0.15, 0.2) is 47.6 Å². The first-order chi connectivity index (χ1) is 12.5. The minimum absolute atomic E-state index is 0.373. The zero-order chi connectivity index (χ0) is 18.7. The van der Waals surface area contributed by atoms with E-state index in [1.165, 1.54) is 11.8 Å². The third-order valence-corrected chi connectivity index (χ3v) is 4.98. The Hall–Kier alpha value is -2.26. The van der Waals surface area contributed by atoms with Gasteiger partial charge in [0.25, 0.3) is 0 Å². The quantitative estimate of drug-likeness (QED) is 0.423. The first kappa shape index (κ1) is 18.5. The lowest BCUT2D eigenvalue weighted by atomic mass is 10.1. The SMILES string of the molecule is CSc1nc(Nc2ccc(Cl)c(Cl)c2)c(C#N)c(-c2ccc(C)cc2)n1. The van der Waals surface area contributed by atoms with Crippen molar-refractivity contribution in [3.8, 4) is 17.3 Å². The van der Waals surface area contributed by atoms with Gasteiger partial charge in [-0.3, -0.25) is 0 Å². The van der Waals surface area contributed by atoms with Gasteiger partial charge in [0.05, 0.1) is 15.7 Å². The Morgan fingerprint density at radius 2 is 1.77 bits per heavy atom. The number of hydrogen-bond acceptors (Lipinski definition) is 5. The van der Waals surface area contributed by atoms with Gasteiger partial charge in [-0.1, -0.05) is 64.8 Å². The summed E-state index contributed by atoms with van der Waals surface area (Å²) in [6.45, 7) is 2.01. The van der Waals surface area contributed by atoms with Crippen molar-refractivity contribution in [2.45, 2.75) is 12.1 Å². The minimum Gasteiger partial charge on any atom is -0.339 e. The molecule has 3 aromatic rings. The molecule has 0 spiro atoms. The molecule has 0 aliphatic carbocycles. The van der Waals surface area contributed by atoms with Crippen molar-refractivity contribution in [1.82, 2.24) is 9.97 Å². The third-order valence-electron chi connectivity index (χ3n) is 3.69. The van der Waals surface area contributed by atoms with Gasteiger partial charge in [-0.15, -0.1) is 0 Å². The van der Waals surface area contributed by atoms with Crippen molar-refractivity contribution in [2.75, 3.05) is 11.6 Å². The number of nitrogens with zero attached hydrogens (tertiary/aromatic N) is 3. The molecule has 0 aliphatic heterocycles. The van der Waals surface area contributed by atoms with Gasteiger partial charge in [0, 0.05) is 11.3 Å². The van der Waals surface area contributed by atoms with Gasteiger partial charge >= 0.3 is 0 Å². The van der Waals surface area contributed by atoms with Crippen LogP contribution in [0.2, 0.25) is 10.0 Å². The normalized spacial score (nSPS) is 10.4. The largest absolute Gasteiger partial charge is 0.339 e. The molecule has 3 rings (SSSR count). The highest BCUT2D eigenvalue weighted by Crippen LogP contribution is 2.32. The average molecular weight is 401 g/mol. The van der Waals surface area contributed by atoms with Crippen LogP contribution in [-0.4, -0.2) is 16.2 Å². The van der Waals surface area contributed by atoms with Crippen molar-refractivity contribution in [2.24, 2.45) is 0 Å². The highest BCUT2D eigenvalue weighted by Gasteiger charge is 2.16. The number of aromatic nitrogens is 2. The third kappa shape index (κ3) is 3.94. The Morgan fingerprint density at radius 3 is 2.38 bits per heavy atom. The summed E-state index contributed by atoms with van der Waals surface area (Å²) >= 11 is 13.5. The maximum Gasteiger partial charge on any atom is 0.189 e. The highest BCUT2D eigenvalue weighted by molar-refractivity contribution is 7.98. The first-order valence-electron chi connectivity index (χ1n) is 7.67. The summed E-state index contributed by atoms with van der Waals surface area (Å²) in [7, 11) is 0. The molecule has 0 aliphatic rings. The molecule has 1 heterocycles. The summed E-state index contributed by atoms with van der Waals surface area (Å²) in [6, 6.07) is 15.3. The van der Waals surface area contributed by atoms with Crippen molar-refractivity contribution in [3.05, 3.63) is 63.6 Å². The Kier molecular flexibility index (Phi) is 5.67. The predicted octanol–water partition coefficient (Wildman–Crippen LogP) is 6.10. The zero-order valence-corrected chi connectivity index (χ0v) is 16.4. The van der Waals surface area contributed by atoms with Crippen LogP contribution in [0.5, 0.6) is 0 Å². The van der Waals surface area contributed by atoms with Crippen molar-refractivity contribution in [1.29, 1.82) is 5.26 Å². The molecule has 130 valence electrons. The maximum atomic E-state index is 9.73. The van der Waals surface area contributed by atoms with Gasteiger partial charge in [0.15, 0.2) is 11.0 Å². The second-order valence-electron chi connectivity index (χ2n) is 5.51. The van der Waals surface area contributed by atoms with E-state index in [9.17, 15) is 5.26 Å². The minimum atomic E-state index is 0.373. The van der Waals surface area contributed by atoms with Crippen LogP contribution in [0.25, 0.3) is 11.3 Å². The summed E-state index contributed by atoms with van der Waals surface area (Å²) in [5.41, 5.74) is 3.66. The van der Waals surface area contributed by atoms with Crippen molar-refractivity contribution in [3.63, 3.8) is 0 Å². The maximum absolute atomic E-state index is 9.73. The van der Waals surface area contributed by atoms with Gasteiger partial charge in [-0.2, -0.15) is 5.26 Å². The molecule has 0 fully saturated rings. The summed E-state index contributed by atoms with van der Waals surface area (Å²) in [5, 5.41) is 14.3. The smallest absolute Gasteiger partial charge is 0.189 e. The Bertz CT molecular complexity index is 998. The van der Waals surface area contributed by atoms with Gasteiger partial charge in [0.1, 0.15) is 11.6 Å². The Morgan fingerprint density at radius 1 is 1.04 bits per heavy atom. The average Bonchev–Trinajstić information content (AvgIpc) is 2.64. The number of nitrogens with one attached hydrogen (secondary N) is 1. The van der Waals surface area contributed by atoms with Gasteiger partial charge in [-0.05, 0) is 31.4 Å². The van der Waals surface area contributed by atoms with E-state index in [0.29, 0.717) is 38.0 Å². The van der Waals surface area contributed by atoms with Gasteiger partial charge in [0.2, 0.25) is 0 Å². The number of rotatable bonds is 4. The van der Waals surface area contributed by atoms with Crippen LogP contribution in [-0.2, 0) is 0 Å². The zero-order valence-electron chi connectivity index (χ0n) is 14.0. The fourth-order valence-electron chi connectivity index (χ4n) is 2.36. The number of thioether (sulfide) groups is 1. The monoisotopic (exact) mass is 400 g/mol. The molecule has 0 radical (unpaired) electrons. The van der Waals surface area contributed by atoms with E-state index in [2.05, 4.69) is 21.4 Å². The van der Waals surface area contributed by atoms with Crippen LogP contribution < -0.4 is 5.32 Å². The van der Waals surface area contributed by atoms with Crippen LogP contribution in [0.1, 0.15) is 11.1 Å². The lowest BCUT2D eigenvalue weighted by Gasteiger charge is -2.13. The van der Waals surface area contributed by atoms with E-state index in [1.54, 1.807) is 18.2 Å². The fraction of sp³-hybridized carbons (Fsp3) is 0.105. The predicted molar refractivity (Wildman–Crippen MR) is 108 cm³/mol. The summed E-state index contributed by atoms with van der Waals surface area (Å²) in [5.74, 6) is 0.431. The summed E-state index contributed by atoms with van der Waals surface area (Å²) in [6.07, 6.45) is 1.89. The van der Waals surface area contributed by atoms with E-state index in [0.717, 1.165) is 11.1 Å². The molecule has 0 bridgehead atoms. The van der Waals surface area contributed by atoms with Crippen LogP contribution in [0.4, 0.5) is 11.5 Å². The number of aryl methyl sites for hydroxylation is 1. The summed E-state index contributed by atoms with van der Waals surface area (Å²) in [4.78, 5) is 8.99. The van der Waals surface area contributed by atoms with E-state index in [1.807, 2.05) is 37.4 Å². The van der Waals surface area contributed by atoms with Crippen LogP contribution in [0.3, 0.4) is 0 Å². The lowest BCUT2D eigenvalue weighted by molar-refractivity contribution is 0.975. The van der Waals surface area contributed by atoms with Gasteiger partial charge < -0.3 is 5.32 Å². The van der Waals surface area contributed by atoms with Gasteiger partial charge in [-0.25, -0.2) is 9.97 Å². The topological polar surface area (TPSA) is 61.6 Å². The molecular formula is C19H14Cl2N4S. The molecule has 26 heavy (non-hydrogen) atoms. The van der Waals surface area contributed by atoms with Crippen molar-refractivity contribution >= 4 is 46.5 Å². The number of hydrogen-bond donors (Lipinski definition) is 1.